The summed E-state index contributed by atoms with van der Waals surface area (Å²) in [6.07, 6.45) is 1.71. The summed E-state index contributed by atoms with van der Waals surface area (Å²) >= 11 is 1.20. The van der Waals surface area contributed by atoms with Crippen LogP contribution in [0.4, 0.5) is 19.0 Å². The van der Waals surface area contributed by atoms with Crippen molar-refractivity contribution in [3.63, 3.8) is 0 Å². The van der Waals surface area contributed by atoms with Gasteiger partial charge in [-0.2, -0.15) is 5.10 Å². The normalized spacial score (nSPS) is 19.4. The second kappa shape index (κ2) is 11.3. The Morgan fingerprint density at radius 1 is 1.12 bits per heavy atom. The maximum Gasteiger partial charge on any atom is 0.240 e. The molecule has 0 aliphatic carbocycles. The molecule has 1 fully saturated rings. The fourth-order valence-corrected chi connectivity index (χ4v) is 6.25. The molecular formula is C29H31F3N4O3S. The molecule has 2 aliphatic rings. The number of halogens is 3. The minimum atomic E-state index is -0.743. The van der Waals surface area contributed by atoms with Gasteiger partial charge in [0.2, 0.25) is 11.8 Å². The predicted octanol–water partition coefficient (Wildman–Crippen LogP) is 5.05. The molecule has 0 bridgehead atoms. The van der Waals surface area contributed by atoms with Crippen molar-refractivity contribution in [2.24, 2.45) is 0 Å². The van der Waals surface area contributed by atoms with Crippen molar-refractivity contribution >= 4 is 29.4 Å². The summed E-state index contributed by atoms with van der Waals surface area (Å²) in [6, 6.07) is 9.00. The second-order valence-corrected chi connectivity index (χ2v) is 12.1. The van der Waals surface area contributed by atoms with E-state index >= 15 is 4.39 Å². The Hall–Kier alpha value is -3.31. The lowest BCUT2D eigenvalue weighted by Gasteiger charge is -2.25. The van der Waals surface area contributed by atoms with E-state index in [0.29, 0.717) is 35.9 Å². The topological polar surface area (TPSA) is 76.5 Å². The number of anilines is 1. The Morgan fingerprint density at radius 2 is 1.85 bits per heavy atom. The Morgan fingerprint density at radius 3 is 2.50 bits per heavy atom. The van der Waals surface area contributed by atoms with Crippen LogP contribution in [0.2, 0.25) is 0 Å². The smallest absolute Gasteiger partial charge is 0.240 e. The van der Waals surface area contributed by atoms with Crippen molar-refractivity contribution < 1.29 is 27.5 Å². The summed E-state index contributed by atoms with van der Waals surface area (Å²) in [6.45, 7) is 6.51. The third kappa shape index (κ3) is 5.76. The molecule has 2 amide bonds. The Labute approximate surface area is 235 Å². The van der Waals surface area contributed by atoms with Gasteiger partial charge in [-0.1, -0.05) is 26.8 Å². The summed E-state index contributed by atoms with van der Waals surface area (Å²) in [4.78, 5) is 28.1. The van der Waals surface area contributed by atoms with Gasteiger partial charge in [0.25, 0.3) is 0 Å². The molecule has 1 N–H and O–H groups in total. The summed E-state index contributed by atoms with van der Waals surface area (Å²) in [7, 11) is 0. The number of amides is 2. The van der Waals surface area contributed by atoms with Gasteiger partial charge in [-0.15, -0.1) is 11.8 Å². The van der Waals surface area contributed by atoms with Crippen molar-refractivity contribution in [3.8, 4) is 5.69 Å². The van der Waals surface area contributed by atoms with E-state index in [1.165, 1.54) is 57.7 Å². The molecule has 40 heavy (non-hydrogen) atoms. The minimum absolute atomic E-state index is 0.0534. The third-order valence-corrected chi connectivity index (χ3v) is 8.20. The zero-order chi connectivity index (χ0) is 28.6. The van der Waals surface area contributed by atoms with Crippen LogP contribution in [0, 0.1) is 17.5 Å². The number of ether oxygens (including phenoxy) is 1. The number of benzene rings is 2. The molecule has 11 heteroatoms. The minimum Gasteiger partial charge on any atom is -0.376 e. The fourth-order valence-electron chi connectivity index (χ4n) is 5.03. The molecule has 0 spiro atoms. The van der Waals surface area contributed by atoms with Crippen LogP contribution in [0.5, 0.6) is 0 Å². The van der Waals surface area contributed by atoms with Crippen LogP contribution in [0.1, 0.15) is 55.7 Å². The molecule has 2 aromatic carbocycles. The molecule has 3 aromatic rings. The molecule has 0 unspecified atom stereocenters. The van der Waals surface area contributed by atoms with E-state index in [4.69, 9.17) is 9.84 Å². The Balaban J connectivity index is 1.66. The molecule has 0 radical (unpaired) electrons. The largest absolute Gasteiger partial charge is 0.376 e. The van der Waals surface area contributed by atoms with Crippen LogP contribution in [-0.4, -0.2) is 53.1 Å². The van der Waals surface area contributed by atoms with E-state index in [9.17, 15) is 18.4 Å². The average Bonchev–Trinajstić information content (AvgIpc) is 3.53. The molecule has 2 aliphatic heterocycles. The van der Waals surface area contributed by atoms with Gasteiger partial charge >= 0.3 is 0 Å². The van der Waals surface area contributed by atoms with Crippen molar-refractivity contribution in [1.29, 1.82) is 0 Å². The van der Waals surface area contributed by atoms with Gasteiger partial charge in [0.15, 0.2) is 0 Å². The number of nitrogens with zero attached hydrogens (tertiary/aromatic N) is 3. The number of carbonyl (C=O) groups is 2. The number of aromatic nitrogens is 2. The van der Waals surface area contributed by atoms with Crippen molar-refractivity contribution in [2.45, 2.75) is 50.4 Å². The van der Waals surface area contributed by atoms with Crippen molar-refractivity contribution in [2.75, 3.05) is 30.3 Å². The maximum atomic E-state index is 15.2. The first-order valence-electron chi connectivity index (χ1n) is 13.2. The van der Waals surface area contributed by atoms with E-state index in [1.54, 1.807) is 0 Å². The van der Waals surface area contributed by atoms with Crippen molar-refractivity contribution in [3.05, 3.63) is 76.7 Å². The number of nitrogens with one attached hydrogen (secondary N) is 1. The first kappa shape index (κ1) is 28.2. The first-order valence-corrected chi connectivity index (χ1v) is 14.2. The predicted molar refractivity (Wildman–Crippen MR) is 147 cm³/mol. The fraction of sp³-hybridized carbons (Fsp3) is 0.414. The first-order chi connectivity index (χ1) is 19.0. The van der Waals surface area contributed by atoms with E-state index < -0.39 is 28.1 Å². The standard InChI is InChI=1S/C29H31F3N4O3S/c1-29(2,3)27-25-26(21-11-8-18(31)13-22(21)32)40-16-24(38)35(15-23(37)33-14-20-5-4-12-39-20)28(25)36(34-27)19-9-6-17(30)7-10-19/h6-11,13,20,26H,4-5,12,14-16H2,1-3H3,(H,33,37)/t20-,26+/m1/s1. The van der Waals surface area contributed by atoms with Crippen LogP contribution in [0.15, 0.2) is 42.5 Å². The maximum absolute atomic E-state index is 15.2. The quantitative estimate of drug-likeness (QED) is 0.448. The van der Waals surface area contributed by atoms with E-state index in [-0.39, 0.29) is 35.8 Å². The highest BCUT2D eigenvalue weighted by Gasteiger charge is 2.40. The lowest BCUT2D eigenvalue weighted by Crippen LogP contribution is -2.44. The van der Waals surface area contributed by atoms with Crippen LogP contribution < -0.4 is 10.2 Å². The van der Waals surface area contributed by atoms with Gasteiger partial charge in [0.05, 0.1) is 28.5 Å². The monoisotopic (exact) mass is 572 g/mol. The molecule has 1 aromatic heterocycles. The van der Waals surface area contributed by atoms with Crippen molar-refractivity contribution in [1.82, 2.24) is 15.1 Å². The molecule has 2 atom stereocenters. The van der Waals surface area contributed by atoms with Crippen LogP contribution in [0.3, 0.4) is 0 Å². The van der Waals surface area contributed by atoms with Crippen LogP contribution in [0.25, 0.3) is 5.69 Å². The summed E-state index contributed by atoms with van der Waals surface area (Å²) in [5, 5.41) is 7.01. The summed E-state index contributed by atoms with van der Waals surface area (Å²) < 4.78 is 50.0. The number of hydrogen-bond donors (Lipinski definition) is 1. The highest BCUT2D eigenvalue weighted by molar-refractivity contribution is 8.00. The molecule has 7 nitrogen and oxygen atoms in total. The number of rotatable bonds is 6. The van der Waals surface area contributed by atoms with Gasteiger partial charge in [0, 0.05) is 35.8 Å². The van der Waals surface area contributed by atoms with Gasteiger partial charge in [0.1, 0.15) is 29.8 Å². The van der Waals surface area contributed by atoms with Crippen LogP contribution in [-0.2, 0) is 19.7 Å². The zero-order valence-electron chi connectivity index (χ0n) is 22.5. The zero-order valence-corrected chi connectivity index (χ0v) is 23.4. The molecule has 1 saturated heterocycles. The molecule has 3 heterocycles. The molecule has 212 valence electrons. The number of carbonyl (C=O) groups excluding carboxylic acids is 2. The molecular weight excluding hydrogens is 541 g/mol. The van der Waals surface area contributed by atoms with Crippen LogP contribution >= 0.6 is 11.8 Å². The van der Waals surface area contributed by atoms with E-state index in [1.807, 2.05) is 20.8 Å². The van der Waals surface area contributed by atoms with Gasteiger partial charge in [-0.25, -0.2) is 17.9 Å². The highest BCUT2D eigenvalue weighted by atomic mass is 32.2. The lowest BCUT2D eigenvalue weighted by molar-refractivity contribution is -0.123. The molecule has 5 rings (SSSR count). The molecule has 0 saturated carbocycles. The van der Waals surface area contributed by atoms with Gasteiger partial charge in [-0.05, 0) is 43.2 Å². The highest BCUT2D eigenvalue weighted by Crippen LogP contribution is 2.49. The lowest BCUT2D eigenvalue weighted by atomic mass is 9.87. The summed E-state index contributed by atoms with van der Waals surface area (Å²) in [5.41, 5.74) is 1.23. The number of thioether (sulfide) groups is 1. The van der Waals surface area contributed by atoms with E-state index in [2.05, 4.69) is 5.32 Å². The number of hydrogen-bond acceptors (Lipinski definition) is 5. The van der Waals surface area contributed by atoms with Gasteiger partial charge in [-0.3, -0.25) is 14.5 Å². The third-order valence-electron chi connectivity index (χ3n) is 6.97. The van der Waals surface area contributed by atoms with E-state index in [0.717, 1.165) is 18.9 Å². The second-order valence-electron chi connectivity index (χ2n) is 11.0. The number of fused-ring (bicyclic) bond motifs is 1. The Kier molecular flexibility index (Phi) is 7.96. The average molecular weight is 573 g/mol. The summed E-state index contributed by atoms with van der Waals surface area (Å²) in [5.74, 6) is -2.40. The SMILES string of the molecule is CC(C)(C)c1nn(-c2ccc(F)cc2)c2c1[C@H](c1ccc(F)cc1F)SCC(=O)N2CC(=O)NC[C@H]1CCCO1. The van der Waals surface area contributed by atoms with Gasteiger partial charge < -0.3 is 10.1 Å². The Bertz CT molecular complexity index is 1420.